The molecule has 2 aromatic rings. The largest absolute Gasteiger partial charge is 0.478 e. The Kier molecular flexibility index (Phi) is 5.37. The zero-order valence-corrected chi connectivity index (χ0v) is 12.6. The number of allylic oxidation sites excluding steroid dienone is 1. The van der Waals surface area contributed by atoms with Crippen LogP contribution in [0.2, 0.25) is 0 Å². The molecule has 0 aliphatic carbocycles. The van der Waals surface area contributed by atoms with Crippen LogP contribution < -0.4 is 10.1 Å². The van der Waals surface area contributed by atoms with Crippen LogP contribution >= 0.6 is 0 Å². The Morgan fingerprint density at radius 2 is 1.87 bits per heavy atom. The monoisotopic (exact) mass is 308 g/mol. The Balaban J connectivity index is 2.27. The molecule has 0 aliphatic heterocycles. The minimum atomic E-state index is -1.07. The van der Waals surface area contributed by atoms with E-state index in [9.17, 15) is 10.1 Å². The summed E-state index contributed by atoms with van der Waals surface area (Å²) in [7, 11) is 0. The number of nitrogens with zero attached hydrogens (tertiary/aromatic N) is 1. The van der Waals surface area contributed by atoms with Crippen molar-refractivity contribution in [3.63, 3.8) is 0 Å². The van der Waals surface area contributed by atoms with Crippen LogP contribution in [0.3, 0.4) is 0 Å². The summed E-state index contributed by atoms with van der Waals surface area (Å²) in [4.78, 5) is 10.7. The van der Waals surface area contributed by atoms with E-state index < -0.39 is 12.0 Å². The van der Waals surface area contributed by atoms with Crippen molar-refractivity contribution in [2.45, 2.75) is 13.0 Å². The van der Waals surface area contributed by atoms with Crippen LogP contribution in [0.25, 0.3) is 0 Å². The van der Waals surface area contributed by atoms with E-state index in [1.54, 1.807) is 25.1 Å². The first-order chi connectivity index (χ1) is 11.1. The lowest BCUT2D eigenvalue weighted by atomic mass is 10.1. The highest BCUT2D eigenvalue weighted by Gasteiger charge is 2.16. The molecule has 0 spiro atoms. The van der Waals surface area contributed by atoms with Crippen LogP contribution in [-0.2, 0) is 4.79 Å². The van der Waals surface area contributed by atoms with E-state index in [2.05, 4.69) is 11.4 Å². The fraction of sp³-hybridized carbons (Fsp3) is 0.111. The average Bonchev–Trinajstić information content (AvgIpc) is 2.53. The van der Waals surface area contributed by atoms with Gasteiger partial charge in [-0.2, -0.15) is 5.26 Å². The van der Waals surface area contributed by atoms with Gasteiger partial charge in [0, 0.05) is 17.3 Å². The molecule has 0 heterocycles. The first-order valence-corrected chi connectivity index (χ1v) is 6.99. The predicted octanol–water partition coefficient (Wildman–Crippen LogP) is 3.62. The summed E-state index contributed by atoms with van der Waals surface area (Å²) in [5, 5.41) is 21.1. The third-order valence-electron chi connectivity index (χ3n) is 3.04. The lowest BCUT2D eigenvalue weighted by Gasteiger charge is -2.17. The summed E-state index contributed by atoms with van der Waals surface area (Å²) < 4.78 is 5.83. The Morgan fingerprint density at radius 1 is 1.22 bits per heavy atom. The van der Waals surface area contributed by atoms with E-state index in [1.165, 1.54) is 0 Å². The molecule has 23 heavy (non-hydrogen) atoms. The molecule has 116 valence electrons. The van der Waals surface area contributed by atoms with Gasteiger partial charge in [-0.1, -0.05) is 36.4 Å². The zero-order chi connectivity index (χ0) is 16.7. The second-order valence-corrected chi connectivity index (χ2v) is 4.82. The highest BCUT2D eigenvalue weighted by atomic mass is 16.5. The number of carboxylic acid groups (broad SMARTS) is 1. The summed E-state index contributed by atoms with van der Waals surface area (Å²) in [5.74, 6) is 0.135. The van der Waals surface area contributed by atoms with Gasteiger partial charge >= 0.3 is 5.97 Å². The van der Waals surface area contributed by atoms with Gasteiger partial charge in [0.1, 0.15) is 17.5 Å². The molecule has 2 rings (SSSR count). The summed E-state index contributed by atoms with van der Waals surface area (Å²) in [5.41, 5.74) is 1.02. The molecule has 5 heteroatoms. The van der Waals surface area contributed by atoms with Crippen molar-refractivity contribution in [1.82, 2.24) is 5.32 Å². The number of rotatable bonds is 6. The first kappa shape index (κ1) is 16.1. The molecular formula is C18H16N2O3. The van der Waals surface area contributed by atoms with Crippen LogP contribution in [0, 0.1) is 11.3 Å². The van der Waals surface area contributed by atoms with Gasteiger partial charge in [0.25, 0.3) is 0 Å². The number of carbonyl (C=O) groups is 1. The maximum atomic E-state index is 10.7. The van der Waals surface area contributed by atoms with Crippen LogP contribution in [0.5, 0.6) is 11.5 Å². The number of nitriles is 1. The molecule has 0 saturated carbocycles. The standard InChI is InChI=1S/C18H16N2O3/c1-13(11-18(21)22)20-16(12-19)15-9-5-6-10-17(15)23-14-7-3-2-4-8-14/h2-11,16,20H,1H3,(H,21,22). The Hall–Kier alpha value is -3.26. The van der Waals surface area contributed by atoms with Gasteiger partial charge in [-0.15, -0.1) is 0 Å². The Labute approximate surface area is 134 Å². The van der Waals surface area contributed by atoms with E-state index in [0.29, 0.717) is 22.8 Å². The number of para-hydroxylation sites is 2. The molecule has 0 radical (unpaired) electrons. The molecule has 0 saturated heterocycles. The van der Waals surface area contributed by atoms with Gasteiger partial charge in [-0.25, -0.2) is 4.79 Å². The van der Waals surface area contributed by atoms with E-state index in [-0.39, 0.29) is 0 Å². The number of ether oxygens (including phenoxy) is 1. The highest BCUT2D eigenvalue weighted by molar-refractivity contribution is 5.80. The topological polar surface area (TPSA) is 82.4 Å². The number of carboxylic acids is 1. The lowest BCUT2D eigenvalue weighted by molar-refractivity contribution is -0.131. The number of hydrogen-bond donors (Lipinski definition) is 2. The fourth-order valence-electron chi connectivity index (χ4n) is 2.06. The fourth-order valence-corrected chi connectivity index (χ4v) is 2.06. The zero-order valence-electron chi connectivity index (χ0n) is 12.6. The van der Waals surface area contributed by atoms with Crippen LogP contribution in [0.4, 0.5) is 0 Å². The molecule has 5 nitrogen and oxygen atoms in total. The van der Waals surface area contributed by atoms with Gasteiger partial charge < -0.3 is 15.2 Å². The van der Waals surface area contributed by atoms with Gasteiger partial charge in [0.05, 0.1) is 6.07 Å². The minimum absolute atomic E-state index is 0.388. The average molecular weight is 308 g/mol. The van der Waals surface area contributed by atoms with Crippen molar-refractivity contribution >= 4 is 5.97 Å². The molecule has 0 bridgehead atoms. The van der Waals surface area contributed by atoms with E-state index in [1.807, 2.05) is 36.4 Å². The first-order valence-electron chi connectivity index (χ1n) is 6.99. The molecule has 1 atom stereocenters. The predicted molar refractivity (Wildman–Crippen MR) is 85.8 cm³/mol. The van der Waals surface area contributed by atoms with E-state index >= 15 is 0 Å². The maximum absolute atomic E-state index is 10.7. The number of aliphatic carboxylic acids is 1. The Bertz CT molecular complexity index is 748. The molecule has 0 aromatic heterocycles. The number of nitrogens with one attached hydrogen (secondary N) is 1. The third-order valence-corrected chi connectivity index (χ3v) is 3.04. The van der Waals surface area contributed by atoms with Crippen molar-refractivity contribution in [2.75, 3.05) is 0 Å². The van der Waals surface area contributed by atoms with Crippen molar-refractivity contribution in [3.05, 3.63) is 71.9 Å². The normalized spacial score (nSPS) is 12.1. The number of benzene rings is 2. The Morgan fingerprint density at radius 3 is 2.52 bits per heavy atom. The lowest BCUT2D eigenvalue weighted by Crippen LogP contribution is -2.19. The van der Waals surface area contributed by atoms with Crippen LogP contribution in [0.1, 0.15) is 18.5 Å². The SMILES string of the molecule is CC(=CC(=O)O)NC(C#N)c1ccccc1Oc1ccccc1. The molecule has 2 N–H and O–H groups in total. The van der Waals surface area contributed by atoms with Gasteiger partial charge in [-0.3, -0.25) is 0 Å². The second-order valence-electron chi connectivity index (χ2n) is 4.82. The van der Waals surface area contributed by atoms with Gasteiger partial charge in [-0.05, 0) is 25.1 Å². The molecule has 0 aliphatic rings. The van der Waals surface area contributed by atoms with Crippen molar-refractivity contribution in [2.24, 2.45) is 0 Å². The maximum Gasteiger partial charge on any atom is 0.330 e. The quantitative estimate of drug-likeness (QED) is 0.796. The summed E-state index contributed by atoms with van der Waals surface area (Å²) in [6.45, 7) is 1.60. The summed E-state index contributed by atoms with van der Waals surface area (Å²) in [6.07, 6.45) is 1.02. The smallest absolute Gasteiger partial charge is 0.330 e. The molecule has 0 fully saturated rings. The molecule has 0 amide bonds. The van der Waals surface area contributed by atoms with Crippen LogP contribution in [0.15, 0.2) is 66.4 Å². The van der Waals surface area contributed by atoms with Gasteiger partial charge in [0.2, 0.25) is 0 Å². The van der Waals surface area contributed by atoms with E-state index in [0.717, 1.165) is 6.08 Å². The molecular weight excluding hydrogens is 292 g/mol. The molecule has 2 aromatic carbocycles. The third kappa shape index (κ3) is 4.61. The summed E-state index contributed by atoms with van der Waals surface area (Å²) in [6, 6.07) is 17.8. The van der Waals surface area contributed by atoms with Crippen molar-refractivity contribution in [3.8, 4) is 17.6 Å². The summed E-state index contributed by atoms with van der Waals surface area (Å²) >= 11 is 0. The van der Waals surface area contributed by atoms with Crippen molar-refractivity contribution in [1.29, 1.82) is 5.26 Å². The van der Waals surface area contributed by atoms with Crippen molar-refractivity contribution < 1.29 is 14.6 Å². The minimum Gasteiger partial charge on any atom is -0.478 e. The van der Waals surface area contributed by atoms with Gasteiger partial charge in [0.15, 0.2) is 0 Å². The highest BCUT2D eigenvalue weighted by Crippen LogP contribution is 2.29. The molecule has 1 unspecified atom stereocenters. The second kappa shape index (κ2) is 7.66. The number of hydrogen-bond acceptors (Lipinski definition) is 4. The van der Waals surface area contributed by atoms with E-state index in [4.69, 9.17) is 9.84 Å². The van der Waals surface area contributed by atoms with Crippen LogP contribution in [-0.4, -0.2) is 11.1 Å².